The molecule has 0 aliphatic carbocycles. The molecule has 0 aromatic rings. The van der Waals surface area contributed by atoms with Gasteiger partial charge < -0.3 is 0 Å². The molecule has 8 heavy (non-hydrogen) atoms. The summed E-state index contributed by atoms with van der Waals surface area (Å²) >= 11 is 6.24. The summed E-state index contributed by atoms with van der Waals surface area (Å²) in [7, 11) is 2.13. The van der Waals surface area contributed by atoms with Gasteiger partial charge in [-0.3, -0.25) is 4.31 Å². The molecule has 1 saturated heterocycles. The van der Waals surface area contributed by atoms with Crippen LogP contribution in [-0.2, 0) is 0 Å². The molecule has 1 fully saturated rings. The average molecular weight is 149 g/mol. The van der Waals surface area contributed by atoms with Crippen LogP contribution in [0.15, 0.2) is 0 Å². The average Bonchev–Trinajstić information content (AvgIpc) is 1.77. The maximum Gasteiger partial charge on any atom is 0.0198 e. The largest absolute Gasteiger partial charge is 0.254 e. The van der Waals surface area contributed by atoms with E-state index in [-0.39, 0.29) is 0 Å². The fraction of sp³-hybridized carbons (Fsp3) is 1.00. The van der Waals surface area contributed by atoms with Gasteiger partial charge in [0, 0.05) is 17.5 Å². The third-order valence-corrected chi connectivity index (χ3v) is 3.13. The maximum absolute atomic E-state index is 4.35. The van der Waals surface area contributed by atoms with Crippen LogP contribution < -0.4 is 0 Å². The van der Waals surface area contributed by atoms with Gasteiger partial charge in [0.15, 0.2) is 0 Å². The Morgan fingerprint density at radius 1 is 1.75 bits per heavy atom. The van der Waals surface area contributed by atoms with Crippen LogP contribution in [0, 0.1) is 0 Å². The first-order chi connectivity index (χ1) is 3.79. The van der Waals surface area contributed by atoms with Crippen molar-refractivity contribution < 1.29 is 0 Å². The molecule has 1 rings (SSSR count). The Bertz CT molecular complexity index is 58.8. The summed E-state index contributed by atoms with van der Waals surface area (Å²) in [5.74, 6) is 1.18. The van der Waals surface area contributed by atoms with Crippen molar-refractivity contribution in [2.45, 2.75) is 11.7 Å². The molecule has 0 amide bonds. The molecule has 0 saturated carbocycles. The number of hydrogen-bond donors (Lipinski definition) is 1. The minimum Gasteiger partial charge on any atom is -0.254 e. The third-order valence-electron chi connectivity index (χ3n) is 1.26. The number of thiol groups is 1. The highest BCUT2D eigenvalue weighted by molar-refractivity contribution is 7.98. The Hall–Kier alpha value is 0.660. The Balaban J connectivity index is 2.19. The predicted molar refractivity (Wildman–Crippen MR) is 42.5 cm³/mol. The van der Waals surface area contributed by atoms with E-state index >= 15 is 0 Å². The molecule has 1 aliphatic heterocycles. The van der Waals surface area contributed by atoms with Crippen LogP contribution in [0.2, 0.25) is 0 Å². The third kappa shape index (κ3) is 1.88. The van der Waals surface area contributed by atoms with E-state index in [0.717, 1.165) is 0 Å². The molecular formula is C5H11NS2. The Kier molecular flexibility index (Phi) is 2.53. The fourth-order valence-electron chi connectivity index (χ4n) is 0.692. The van der Waals surface area contributed by atoms with Crippen LogP contribution >= 0.6 is 24.6 Å². The lowest BCUT2D eigenvalue weighted by Crippen LogP contribution is -2.23. The maximum atomic E-state index is 4.35. The van der Waals surface area contributed by atoms with Gasteiger partial charge in [0.2, 0.25) is 0 Å². The zero-order valence-corrected chi connectivity index (χ0v) is 6.71. The standard InChI is InChI=1S/C5H11NS2/c1-6-3-2-5(7)4-8-6/h5,7H,2-4H2,1H3. The summed E-state index contributed by atoms with van der Waals surface area (Å²) in [4.78, 5) is 0. The van der Waals surface area contributed by atoms with E-state index in [2.05, 4.69) is 24.0 Å². The molecule has 0 N–H and O–H groups in total. The number of rotatable bonds is 0. The monoisotopic (exact) mass is 149 g/mol. The van der Waals surface area contributed by atoms with E-state index in [1.54, 1.807) is 0 Å². The van der Waals surface area contributed by atoms with Crippen LogP contribution in [0.1, 0.15) is 6.42 Å². The van der Waals surface area contributed by atoms with Crippen molar-refractivity contribution in [3.8, 4) is 0 Å². The first-order valence-corrected chi connectivity index (χ1v) is 4.27. The summed E-state index contributed by atoms with van der Waals surface area (Å²) in [6.07, 6.45) is 1.24. The van der Waals surface area contributed by atoms with Gasteiger partial charge in [0.25, 0.3) is 0 Å². The van der Waals surface area contributed by atoms with Crippen molar-refractivity contribution in [1.29, 1.82) is 0 Å². The second-order valence-corrected chi connectivity index (χ2v) is 4.03. The van der Waals surface area contributed by atoms with E-state index in [1.807, 2.05) is 11.9 Å². The number of nitrogens with zero attached hydrogens (tertiary/aromatic N) is 1. The molecule has 48 valence electrons. The summed E-state index contributed by atoms with van der Waals surface area (Å²) in [6, 6.07) is 0. The summed E-state index contributed by atoms with van der Waals surface area (Å²) < 4.78 is 2.27. The molecule has 0 aromatic carbocycles. The molecule has 1 aliphatic rings. The fourth-order valence-corrected chi connectivity index (χ4v) is 1.84. The smallest absolute Gasteiger partial charge is 0.0198 e. The van der Waals surface area contributed by atoms with Gasteiger partial charge >= 0.3 is 0 Å². The predicted octanol–water partition coefficient (Wildman–Crippen LogP) is 1.27. The van der Waals surface area contributed by atoms with Crippen LogP contribution in [0.3, 0.4) is 0 Å². The highest BCUT2D eigenvalue weighted by Gasteiger charge is 2.12. The van der Waals surface area contributed by atoms with Crippen molar-refractivity contribution in [2.24, 2.45) is 0 Å². The topological polar surface area (TPSA) is 3.24 Å². The first kappa shape index (κ1) is 6.78. The van der Waals surface area contributed by atoms with E-state index < -0.39 is 0 Å². The van der Waals surface area contributed by atoms with E-state index in [0.29, 0.717) is 5.25 Å². The van der Waals surface area contributed by atoms with Crippen molar-refractivity contribution in [3.05, 3.63) is 0 Å². The Morgan fingerprint density at radius 3 is 2.88 bits per heavy atom. The van der Waals surface area contributed by atoms with Crippen LogP contribution in [-0.4, -0.2) is 28.9 Å². The quantitative estimate of drug-likeness (QED) is 0.408. The SMILES string of the molecule is CN1CCC(S)CS1. The number of hydrogen-bond acceptors (Lipinski definition) is 3. The lowest BCUT2D eigenvalue weighted by Gasteiger charge is -2.24. The summed E-state index contributed by atoms with van der Waals surface area (Å²) in [5, 5.41) is 0.635. The van der Waals surface area contributed by atoms with Gasteiger partial charge in [-0.05, 0) is 13.5 Å². The van der Waals surface area contributed by atoms with Gasteiger partial charge in [0.1, 0.15) is 0 Å². The first-order valence-electron chi connectivity index (χ1n) is 2.81. The summed E-state index contributed by atoms with van der Waals surface area (Å²) in [5.41, 5.74) is 0. The lowest BCUT2D eigenvalue weighted by atomic mass is 10.3. The molecular weight excluding hydrogens is 138 g/mol. The van der Waals surface area contributed by atoms with E-state index in [9.17, 15) is 0 Å². The minimum absolute atomic E-state index is 0.635. The Morgan fingerprint density at radius 2 is 2.50 bits per heavy atom. The molecule has 1 atom stereocenters. The van der Waals surface area contributed by atoms with E-state index in [4.69, 9.17) is 0 Å². The van der Waals surface area contributed by atoms with Gasteiger partial charge in [-0.1, -0.05) is 11.9 Å². The summed E-state index contributed by atoms with van der Waals surface area (Å²) in [6.45, 7) is 1.19. The molecule has 3 heteroatoms. The second-order valence-electron chi connectivity index (χ2n) is 2.09. The van der Waals surface area contributed by atoms with Crippen molar-refractivity contribution in [2.75, 3.05) is 19.3 Å². The van der Waals surface area contributed by atoms with Gasteiger partial charge in [-0.25, -0.2) is 0 Å². The lowest BCUT2D eigenvalue weighted by molar-refractivity contribution is 0.523. The van der Waals surface area contributed by atoms with Crippen LogP contribution in [0.5, 0.6) is 0 Å². The molecule has 0 spiro atoms. The highest BCUT2D eigenvalue weighted by atomic mass is 32.2. The zero-order valence-electron chi connectivity index (χ0n) is 5.00. The molecule has 1 heterocycles. The van der Waals surface area contributed by atoms with Crippen molar-refractivity contribution in [3.63, 3.8) is 0 Å². The normalized spacial score (nSPS) is 33.0. The molecule has 1 nitrogen and oxygen atoms in total. The van der Waals surface area contributed by atoms with Crippen molar-refractivity contribution in [1.82, 2.24) is 4.31 Å². The van der Waals surface area contributed by atoms with Crippen LogP contribution in [0.25, 0.3) is 0 Å². The molecule has 0 radical (unpaired) electrons. The molecule has 0 bridgehead atoms. The molecule has 1 unspecified atom stereocenters. The van der Waals surface area contributed by atoms with Gasteiger partial charge in [-0.15, -0.1) is 0 Å². The van der Waals surface area contributed by atoms with Crippen molar-refractivity contribution >= 4 is 24.6 Å². The van der Waals surface area contributed by atoms with E-state index in [1.165, 1.54) is 18.7 Å². The molecule has 0 aromatic heterocycles. The Labute approximate surface area is 60.4 Å². The zero-order chi connectivity index (χ0) is 5.98. The second kappa shape index (κ2) is 2.99. The van der Waals surface area contributed by atoms with Gasteiger partial charge in [-0.2, -0.15) is 12.6 Å². The minimum atomic E-state index is 0.635. The van der Waals surface area contributed by atoms with Gasteiger partial charge in [0.05, 0.1) is 0 Å². The van der Waals surface area contributed by atoms with Crippen LogP contribution in [0.4, 0.5) is 0 Å². The highest BCUT2D eigenvalue weighted by Crippen LogP contribution is 2.20.